The maximum Gasteiger partial charge on any atom is -0.0240 e. The van der Waals surface area contributed by atoms with Crippen LogP contribution >= 0.6 is 0 Å². The van der Waals surface area contributed by atoms with E-state index in [4.69, 9.17) is 0 Å². The first-order valence-electron chi connectivity index (χ1n) is 5.63. The first kappa shape index (κ1) is 9.30. The quantitative estimate of drug-likeness (QED) is 0.560. The molecular formula is C13H22. The molecular weight excluding hydrogens is 156 g/mol. The number of hydrogen-bond acceptors (Lipinski definition) is 0. The molecule has 0 nitrogen and oxygen atoms in total. The van der Waals surface area contributed by atoms with Crippen molar-refractivity contribution in [1.82, 2.24) is 0 Å². The molecule has 0 aromatic carbocycles. The molecule has 0 heteroatoms. The summed E-state index contributed by atoms with van der Waals surface area (Å²) in [6.07, 6.45) is 7.72. The van der Waals surface area contributed by atoms with Crippen LogP contribution in [0.25, 0.3) is 0 Å². The summed E-state index contributed by atoms with van der Waals surface area (Å²) in [6, 6.07) is 0. The fourth-order valence-electron chi connectivity index (χ4n) is 3.93. The Morgan fingerprint density at radius 3 is 2.46 bits per heavy atom. The first-order valence-corrected chi connectivity index (χ1v) is 5.63. The van der Waals surface area contributed by atoms with Gasteiger partial charge in [0.05, 0.1) is 0 Å². The Labute approximate surface area is 82.4 Å². The predicted molar refractivity (Wildman–Crippen MR) is 57.5 cm³/mol. The Hall–Kier alpha value is -0.260. The molecule has 2 aliphatic carbocycles. The average molecular weight is 178 g/mol. The van der Waals surface area contributed by atoms with Crippen molar-refractivity contribution in [2.45, 2.75) is 46.5 Å². The van der Waals surface area contributed by atoms with Crippen molar-refractivity contribution < 1.29 is 0 Å². The summed E-state index contributed by atoms with van der Waals surface area (Å²) in [4.78, 5) is 0. The zero-order valence-corrected chi connectivity index (χ0v) is 9.27. The Kier molecular flexibility index (Phi) is 1.87. The molecule has 0 aromatic heterocycles. The van der Waals surface area contributed by atoms with Gasteiger partial charge >= 0.3 is 0 Å². The fraction of sp³-hybridized carbons (Fsp3) is 0.846. The highest BCUT2D eigenvalue weighted by molar-refractivity contribution is 5.10. The van der Waals surface area contributed by atoms with Crippen LogP contribution in [0.4, 0.5) is 0 Å². The molecule has 0 aliphatic heterocycles. The third-order valence-electron chi connectivity index (χ3n) is 5.43. The minimum Gasteiger partial charge on any atom is -0.103 e. The van der Waals surface area contributed by atoms with E-state index in [1.54, 1.807) is 0 Å². The normalized spacial score (nSPS) is 46.7. The second-order valence-corrected chi connectivity index (χ2v) is 5.83. The molecule has 0 spiro atoms. The number of rotatable bonds is 2. The third kappa shape index (κ3) is 0.978. The topological polar surface area (TPSA) is 0 Å². The second-order valence-electron chi connectivity index (χ2n) is 5.83. The van der Waals surface area contributed by atoms with Gasteiger partial charge in [0.1, 0.15) is 0 Å². The van der Waals surface area contributed by atoms with E-state index in [-0.39, 0.29) is 0 Å². The molecule has 13 heavy (non-hydrogen) atoms. The van der Waals surface area contributed by atoms with Crippen LogP contribution in [0.1, 0.15) is 46.5 Å². The SMILES string of the molecule is C=CCC1C[C@H]2CC[C@@]1(C)C2(C)C. The monoisotopic (exact) mass is 178 g/mol. The van der Waals surface area contributed by atoms with Crippen LogP contribution in [0.3, 0.4) is 0 Å². The Bertz CT molecular complexity index is 226. The van der Waals surface area contributed by atoms with Gasteiger partial charge in [-0.15, -0.1) is 6.58 Å². The summed E-state index contributed by atoms with van der Waals surface area (Å²) in [7, 11) is 0. The van der Waals surface area contributed by atoms with Gasteiger partial charge in [-0.25, -0.2) is 0 Å². The molecule has 2 rings (SSSR count). The molecule has 0 amide bonds. The van der Waals surface area contributed by atoms with Crippen LogP contribution in [0, 0.1) is 22.7 Å². The van der Waals surface area contributed by atoms with Gasteiger partial charge in [-0.3, -0.25) is 0 Å². The lowest BCUT2D eigenvalue weighted by molar-refractivity contribution is 0.104. The summed E-state index contributed by atoms with van der Waals surface area (Å²) in [5.74, 6) is 1.90. The smallest absolute Gasteiger partial charge is 0.0240 e. The highest BCUT2D eigenvalue weighted by Gasteiger charge is 2.60. The van der Waals surface area contributed by atoms with Gasteiger partial charge in [-0.05, 0) is 48.3 Å². The molecule has 2 bridgehead atoms. The highest BCUT2D eigenvalue weighted by atomic mass is 14.6. The van der Waals surface area contributed by atoms with Gasteiger partial charge in [0.2, 0.25) is 0 Å². The summed E-state index contributed by atoms with van der Waals surface area (Å²) >= 11 is 0. The third-order valence-corrected chi connectivity index (χ3v) is 5.43. The van der Waals surface area contributed by atoms with Crippen molar-refractivity contribution in [2.24, 2.45) is 22.7 Å². The Balaban J connectivity index is 2.27. The van der Waals surface area contributed by atoms with E-state index in [1.807, 2.05) is 0 Å². The lowest BCUT2D eigenvalue weighted by atomic mass is 9.66. The lowest BCUT2D eigenvalue weighted by Gasteiger charge is -2.39. The first-order chi connectivity index (χ1) is 6.02. The standard InChI is InChI=1S/C13H22/c1-5-6-11-9-10-7-8-13(11,4)12(10,2)3/h5,10-11H,1,6-9H2,2-4H3/t10-,11?,13-/m1/s1. The Morgan fingerprint density at radius 2 is 2.08 bits per heavy atom. The molecule has 2 fully saturated rings. The lowest BCUT2D eigenvalue weighted by Crippen LogP contribution is -2.31. The zero-order chi connectivity index (χ0) is 9.69. The van der Waals surface area contributed by atoms with E-state index in [0.717, 1.165) is 11.8 Å². The maximum atomic E-state index is 3.89. The van der Waals surface area contributed by atoms with Crippen molar-refractivity contribution in [2.75, 3.05) is 0 Å². The molecule has 1 unspecified atom stereocenters. The van der Waals surface area contributed by atoms with E-state index >= 15 is 0 Å². The summed E-state index contributed by atoms with van der Waals surface area (Å²) < 4.78 is 0. The number of hydrogen-bond donors (Lipinski definition) is 0. The van der Waals surface area contributed by atoms with Crippen LogP contribution < -0.4 is 0 Å². The van der Waals surface area contributed by atoms with Crippen LogP contribution in [0.15, 0.2) is 12.7 Å². The van der Waals surface area contributed by atoms with Gasteiger partial charge in [-0.1, -0.05) is 26.8 Å². The minimum absolute atomic E-state index is 0.584. The molecule has 0 saturated heterocycles. The average Bonchev–Trinajstić information content (AvgIpc) is 2.37. The largest absolute Gasteiger partial charge is 0.103 e. The van der Waals surface area contributed by atoms with Crippen LogP contribution in [-0.4, -0.2) is 0 Å². The highest BCUT2D eigenvalue weighted by Crippen LogP contribution is 2.68. The van der Waals surface area contributed by atoms with Crippen molar-refractivity contribution in [3.05, 3.63) is 12.7 Å². The molecule has 2 saturated carbocycles. The molecule has 0 N–H and O–H groups in total. The van der Waals surface area contributed by atoms with E-state index in [2.05, 4.69) is 33.4 Å². The van der Waals surface area contributed by atoms with Gasteiger partial charge in [0, 0.05) is 0 Å². The van der Waals surface area contributed by atoms with Crippen LogP contribution in [-0.2, 0) is 0 Å². The van der Waals surface area contributed by atoms with E-state index < -0.39 is 0 Å². The minimum atomic E-state index is 0.584. The molecule has 0 aromatic rings. The summed E-state index contributed by atoms with van der Waals surface area (Å²) in [5, 5.41) is 0. The fourth-order valence-corrected chi connectivity index (χ4v) is 3.93. The zero-order valence-electron chi connectivity index (χ0n) is 9.27. The molecule has 3 atom stereocenters. The van der Waals surface area contributed by atoms with Crippen molar-refractivity contribution >= 4 is 0 Å². The Morgan fingerprint density at radius 1 is 1.38 bits per heavy atom. The number of allylic oxidation sites excluding steroid dienone is 1. The van der Waals surface area contributed by atoms with E-state index in [9.17, 15) is 0 Å². The summed E-state index contributed by atoms with van der Waals surface area (Å²) in [5.41, 5.74) is 1.19. The molecule has 74 valence electrons. The van der Waals surface area contributed by atoms with Gasteiger partial charge < -0.3 is 0 Å². The molecule has 2 aliphatic rings. The predicted octanol–water partition coefficient (Wildman–Crippen LogP) is 4.02. The second kappa shape index (κ2) is 2.62. The van der Waals surface area contributed by atoms with Crippen molar-refractivity contribution in [3.8, 4) is 0 Å². The van der Waals surface area contributed by atoms with Crippen molar-refractivity contribution in [1.29, 1.82) is 0 Å². The summed E-state index contributed by atoms with van der Waals surface area (Å²) in [6.45, 7) is 11.4. The van der Waals surface area contributed by atoms with E-state index in [1.165, 1.54) is 25.7 Å². The van der Waals surface area contributed by atoms with Crippen LogP contribution in [0.5, 0.6) is 0 Å². The van der Waals surface area contributed by atoms with Crippen molar-refractivity contribution in [3.63, 3.8) is 0 Å². The molecule has 0 radical (unpaired) electrons. The van der Waals surface area contributed by atoms with Crippen LogP contribution in [0.2, 0.25) is 0 Å². The van der Waals surface area contributed by atoms with Gasteiger partial charge in [0.25, 0.3) is 0 Å². The van der Waals surface area contributed by atoms with Gasteiger partial charge in [0.15, 0.2) is 0 Å². The molecule has 0 heterocycles. The van der Waals surface area contributed by atoms with E-state index in [0.29, 0.717) is 10.8 Å². The maximum absolute atomic E-state index is 3.89. The number of fused-ring (bicyclic) bond motifs is 2. The van der Waals surface area contributed by atoms with Gasteiger partial charge in [-0.2, -0.15) is 0 Å².